The number of rotatable bonds is 5. The molecule has 0 unspecified atom stereocenters. The fourth-order valence-electron chi connectivity index (χ4n) is 8.42. The highest BCUT2D eigenvalue weighted by molar-refractivity contribution is 6.74. The number of hydrogen-bond donors (Lipinski definition) is 1. The minimum atomic E-state index is -2.14. The average molecular weight is 521 g/mol. The van der Waals surface area contributed by atoms with E-state index in [2.05, 4.69) is 40.8 Å². The highest BCUT2D eigenvalue weighted by atomic mass is 28.4. The Hall–Kier alpha value is -1.05. The van der Waals surface area contributed by atoms with Crippen molar-refractivity contribution in [2.24, 2.45) is 34.5 Å². The number of Topliss-reactive ketones (excluding diaryl/α,β-unsaturated/α-hetero) is 2. The Morgan fingerprint density at radius 1 is 1.08 bits per heavy atom. The second-order valence-electron chi connectivity index (χ2n) is 14.5. The van der Waals surface area contributed by atoms with Gasteiger partial charge in [-0.05, 0) is 86.2 Å². The van der Waals surface area contributed by atoms with Gasteiger partial charge in [0.2, 0.25) is 0 Å². The summed E-state index contributed by atoms with van der Waals surface area (Å²) in [4.78, 5) is 39.0. The third-order valence-corrected chi connectivity index (χ3v) is 16.1. The Bertz CT molecular complexity index is 923. The van der Waals surface area contributed by atoms with Gasteiger partial charge in [0, 0.05) is 24.7 Å². The lowest BCUT2D eigenvalue weighted by molar-refractivity contribution is -0.182. The molecule has 0 aromatic rings. The third-order valence-electron chi connectivity index (χ3n) is 11.6. The van der Waals surface area contributed by atoms with E-state index in [0.717, 1.165) is 38.5 Å². The molecule has 0 aromatic carbocycles. The summed E-state index contributed by atoms with van der Waals surface area (Å²) < 4.78 is 11.8. The molecule has 0 bridgehead atoms. The summed E-state index contributed by atoms with van der Waals surface area (Å²) in [6.07, 6.45) is 5.89. The molecular weight excluding hydrogens is 472 g/mol. The number of hydrogen-bond acceptors (Lipinski definition) is 6. The average Bonchev–Trinajstić information content (AvgIpc) is 3.02. The van der Waals surface area contributed by atoms with Crippen molar-refractivity contribution in [1.82, 2.24) is 0 Å². The maximum Gasteiger partial charge on any atom is 0.302 e. The summed E-state index contributed by atoms with van der Waals surface area (Å²) in [5.74, 6) is 0.436. The van der Waals surface area contributed by atoms with Gasteiger partial charge in [-0.3, -0.25) is 14.4 Å². The molecule has 204 valence electrons. The number of aliphatic hydroxyl groups is 1. The largest absolute Gasteiger partial charge is 0.463 e. The highest BCUT2D eigenvalue weighted by Gasteiger charge is 2.69. The van der Waals surface area contributed by atoms with Gasteiger partial charge in [-0.15, -0.1) is 0 Å². The quantitative estimate of drug-likeness (QED) is 0.382. The molecule has 4 aliphatic carbocycles. The number of carbonyl (C=O) groups is 3. The normalized spacial score (nSPS) is 42.8. The molecule has 0 heterocycles. The molecule has 0 amide bonds. The van der Waals surface area contributed by atoms with Crippen molar-refractivity contribution >= 4 is 25.9 Å². The van der Waals surface area contributed by atoms with Crippen molar-refractivity contribution in [1.29, 1.82) is 0 Å². The first-order chi connectivity index (χ1) is 16.5. The molecule has 4 saturated carbocycles. The van der Waals surface area contributed by atoms with E-state index >= 15 is 0 Å². The van der Waals surface area contributed by atoms with Crippen LogP contribution in [0.5, 0.6) is 0 Å². The molecule has 6 nitrogen and oxygen atoms in total. The summed E-state index contributed by atoms with van der Waals surface area (Å²) >= 11 is 0. The van der Waals surface area contributed by atoms with Crippen LogP contribution in [0.4, 0.5) is 0 Å². The summed E-state index contributed by atoms with van der Waals surface area (Å²) in [6, 6.07) is 0. The van der Waals surface area contributed by atoms with Crippen LogP contribution in [-0.2, 0) is 23.5 Å². The maximum absolute atomic E-state index is 13.9. The van der Waals surface area contributed by atoms with Crippen LogP contribution in [0.3, 0.4) is 0 Å². The van der Waals surface area contributed by atoms with Crippen molar-refractivity contribution < 1.29 is 28.7 Å². The van der Waals surface area contributed by atoms with Crippen LogP contribution in [0.1, 0.15) is 92.9 Å². The maximum atomic E-state index is 13.9. The Kier molecular flexibility index (Phi) is 7.00. The van der Waals surface area contributed by atoms with Crippen LogP contribution in [0.2, 0.25) is 18.1 Å². The Labute approximate surface area is 218 Å². The third kappa shape index (κ3) is 4.25. The standard InChI is InChI=1S/C29H48O6Si/c1-18(30)35-20-11-13-27(5)19(15-20)9-10-21-22-12-14-29(33,28(22,6)16-23(31)25(21)27)24(32)17-34-36(7,8)26(2,3)4/h19-22,25,33H,9-17H2,1-8H3/t19-,20+,21-,22-,25+,27-,28-,29-/m0/s1. The molecular formula is C29H48O6Si. The Balaban J connectivity index is 1.54. The predicted molar refractivity (Wildman–Crippen MR) is 141 cm³/mol. The molecule has 36 heavy (non-hydrogen) atoms. The minimum absolute atomic E-state index is 0.0193. The highest BCUT2D eigenvalue weighted by Crippen LogP contribution is 2.67. The van der Waals surface area contributed by atoms with Gasteiger partial charge in [0.15, 0.2) is 14.1 Å². The number of ether oxygens (including phenoxy) is 1. The lowest BCUT2D eigenvalue weighted by atomic mass is 9.44. The van der Waals surface area contributed by atoms with E-state index in [-0.39, 0.29) is 64.9 Å². The molecule has 0 spiro atoms. The van der Waals surface area contributed by atoms with Crippen LogP contribution in [0.15, 0.2) is 0 Å². The molecule has 0 radical (unpaired) electrons. The van der Waals surface area contributed by atoms with Gasteiger partial charge >= 0.3 is 5.97 Å². The molecule has 8 atom stereocenters. The van der Waals surface area contributed by atoms with Gasteiger partial charge in [-0.1, -0.05) is 34.6 Å². The van der Waals surface area contributed by atoms with Crippen LogP contribution in [0.25, 0.3) is 0 Å². The lowest BCUT2D eigenvalue weighted by Gasteiger charge is -2.60. The zero-order chi connectivity index (χ0) is 26.9. The second-order valence-corrected chi connectivity index (χ2v) is 19.3. The van der Waals surface area contributed by atoms with Crippen molar-refractivity contribution in [3.8, 4) is 0 Å². The number of esters is 1. The molecule has 4 rings (SSSR count). The lowest BCUT2D eigenvalue weighted by Crippen LogP contribution is -2.62. The molecule has 4 fully saturated rings. The van der Waals surface area contributed by atoms with Gasteiger partial charge in [0.05, 0.1) is 6.61 Å². The fraction of sp³-hybridized carbons (Fsp3) is 0.897. The number of carbonyl (C=O) groups excluding carboxylic acids is 3. The monoisotopic (exact) mass is 520 g/mol. The van der Waals surface area contributed by atoms with Crippen molar-refractivity contribution in [3.05, 3.63) is 0 Å². The topological polar surface area (TPSA) is 89.9 Å². The molecule has 0 saturated heterocycles. The molecule has 7 heteroatoms. The van der Waals surface area contributed by atoms with E-state index in [1.165, 1.54) is 6.92 Å². The number of fused-ring (bicyclic) bond motifs is 5. The fourth-order valence-corrected chi connectivity index (χ4v) is 9.34. The van der Waals surface area contributed by atoms with E-state index in [1.807, 2.05) is 6.92 Å². The van der Waals surface area contributed by atoms with Gasteiger partial charge in [0.25, 0.3) is 0 Å². The van der Waals surface area contributed by atoms with Gasteiger partial charge in [-0.25, -0.2) is 0 Å². The van der Waals surface area contributed by atoms with Crippen LogP contribution in [-0.4, -0.2) is 49.3 Å². The van der Waals surface area contributed by atoms with E-state index in [1.54, 1.807) is 0 Å². The minimum Gasteiger partial charge on any atom is -0.463 e. The summed E-state index contributed by atoms with van der Waals surface area (Å²) in [5, 5.41) is 11.9. The van der Waals surface area contributed by atoms with Gasteiger partial charge in [0.1, 0.15) is 17.5 Å². The summed E-state index contributed by atoms with van der Waals surface area (Å²) in [5.41, 5.74) is -2.35. The SMILES string of the molecule is CC(=O)O[C@@H]1CC[C@@]2(C)[C@@H](CC[C@@H]3[C@@H]2C(=O)C[C@@]2(C)[C@H]3CC[C@]2(O)C(=O)CO[Si](C)(C)C(C)(C)C)C1. The zero-order valence-electron chi connectivity index (χ0n) is 23.7. The van der Waals surface area contributed by atoms with E-state index in [0.29, 0.717) is 12.3 Å². The van der Waals surface area contributed by atoms with Gasteiger partial charge < -0.3 is 14.3 Å². The van der Waals surface area contributed by atoms with Crippen molar-refractivity contribution in [3.63, 3.8) is 0 Å². The zero-order valence-corrected chi connectivity index (χ0v) is 24.7. The van der Waals surface area contributed by atoms with E-state index in [9.17, 15) is 19.5 Å². The second kappa shape index (κ2) is 9.01. The molecule has 1 N–H and O–H groups in total. The van der Waals surface area contributed by atoms with Crippen LogP contribution in [0, 0.1) is 34.5 Å². The van der Waals surface area contributed by atoms with E-state index < -0.39 is 19.3 Å². The first kappa shape index (κ1) is 28.0. The number of ketones is 2. The van der Waals surface area contributed by atoms with Crippen LogP contribution < -0.4 is 0 Å². The molecule has 4 aliphatic rings. The predicted octanol–water partition coefficient (Wildman–Crippen LogP) is 5.46. The Morgan fingerprint density at radius 3 is 2.36 bits per heavy atom. The van der Waals surface area contributed by atoms with Gasteiger partial charge in [-0.2, -0.15) is 0 Å². The molecule has 0 aliphatic heterocycles. The van der Waals surface area contributed by atoms with Crippen LogP contribution >= 0.6 is 0 Å². The summed E-state index contributed by atoms with van der Waals surface area (Å²) in [7, 11) is -2.14. The Morgan fingerprint density at radius 2 is 1.75 bits per heavy atom. The van der Waals surface area contributed by atoms with Crippen molar-refractivity contribution in [2.75, 3.05) is 6.61 Å². The first-order valence-electron chi connectivity index (χ1n) is 14.1. The van der Waals surface area contributed by atoms with Crippen molar-refractivity contribution in [2.45, 2.75) is 123 Å². The van der Waals surface area contributed by atoms with E-state index in [4.69, 9.17) is 9.16 Å². The molecule has 0 aromatic heterocycles. The smallest absolute Gasteiger partial charge is 0.302 e. The first-order valence-corrected chi connectivity index (χ1v) is 17.0. The summed E-state index contributed by atoms with van der Waals surface area (Å²) in [6.45, 7) is 16.3.